The Balaban J connectivity index is 2.30. The van der Waals surface area contributed by atoms with Crippen LogP contribution in [0.2, 0.25) is 0 Å². The molecule has 116 valence electrons. The molecule has 1 aliphatic carbocycles. The number of rotatable bonds is 4. The van der Waals surface area contributed by atoms with Crippen molar-refractivity contribution >= 4 is 17.3 Å². The van der Waals surface area contributed by atoms with E-state index in [0.29, 0.717) is 17.3 Å². The van der Waals surface area contributed by atoms with Crippen LogP contribution in [0.5, 0.6) is 0 Å². The topological polar surface area (TPSA) is 49.6 Å². The van der Waals surface area contributed by atoms with Crippen LogP contribution >= 0.6 is 0 Å². The number of carbonyl (C=O) groups excluding carboxylic acids is 1. The predicted molar refractivity (Wildman–Crippen MR) is 88.8 cm³/mol. The zero-order valence-electron chi connectivity index (χ0n) is 13.4. The first-order valence-corrected chi connectivity index (χ1v) is 7.92. The molecule has 0 atom stereocenters. The fourth-order valence-electron chi connectivity index (χ4n) is 3.23. The van der Waals surface area contributed by atoms with Gasteiger partial charge in [-0.05, 0) is 38.0 Å². The molecular formula is C17H27N3O. The summed E-state index contributed by atoms with van der Waals surface area (Å²) < 4.78 is 0. The summed E-state index contributed by atoms with van der Waals surface area (Å²) in [6.45, 7) is 2.82. The molecule has 0 radical (unpaired) electrons. The molecular weight excluding hydrogens is 262 g/mol. The number of nitrogens with zero attached hydrogens (tertiary/aromatic N) is 2. The van der Waals surface area contributed by atoms with Crippen LogP contribution in [-0.4, -0.2) is 37.5 Å². The Morgan fingerprint density at radius 2 is 1.90 bits per heavy atom. The highest BCUT2D eigenvalue weighted by atomic mass is 16.2. The summed E-state index contributed by atoms with van der Waals surface area (Å²) in [6, 6.07) is 5.97. The second kappa shape index (κ2) is 6.83. The summed E-state index contributed by atoms with van der Waals surface area (Å²) in [5.41, 5.74) is 8.19. The molecule has 0 bridgehead atoms. The van der Waals surface area contributed by atoms with Crippen molar-refractivity contribution in [2.24, 2.45) is 0 Å². The Morgan fingerprint density at radius 3 is 2.48 bits per heavy atom. The molecule has 2 rings (SSSR count). The van der Waals surface area contributed by atoms with E-state index in [0.717, 1.165) is 25.1 Å². The molecule has 21 heavy (non-hydrogen) atoms. The summed E-state index contributed by atoms with van der Waals surface area (Å²) >= 11 is 0. The van der Waals surface area contributed by atoms with Gasteiger partial charge in [-0.2, -0.15) is 0 Å². The van der Waals surface area contributed by atoms with Gasteiger partial charge >= 0.3 is 0 Å². The van der Waals surface area contributed by atoms with Gasteiger partial charge in [0, 0.05) is 38.1 Å². The van der Waals surface area contributed by atoms with Crippen molar-refractivity contribution in [3.63, 3.8) is 0 Å². The summed E-state index contributed by atoms with van der Waals surface area (Å²) in [5, 5.41) is 0. The molecule has 1 aliphatic rings. The molecule has 1 fully saturated rings. The molecule has 1 aromatic rings. The van der Waals surface area contributed by atoms with Crippen LogP contribution in [0.1, 0.15) is 49.4 Å². The molecule has 1 aromatic carbocycles. The standard InChI is InChI=1S/C17H27N3O/c1-4-20(14-8-6-5-7-9-14)17(21)15-12-13(18)10-11-16(15)19(2)3/h10-12,14H,4-9,18H2,1-3H3. The lowest BCUT2D eigenvalue weighted by Gasteiger charge is -2.34. The average molecular weight is 289 g/mol. The summed E-state index contributed by atoms with van der Waals surface area (Å²) in [6.07, 6.45) is 6.00. The Kier molecular flexibility index (Phi) is 5.10. The van der Waals surface area contributed by atoms with E-state index in [-0.39, 0.29) is 5.91 Å². The fourth-order valence-corrected chi connectivity index (χ4v) is 3.23. The van der Waals surface area contributed by atoms with E-state index in [2.05, 4.69) is 6.92 Å². The van der Waals surface area contributed by atoms with E-state index in [1.807, 2.05) is 42.1 Å². The van der Waals surface area contributed by atoms with Crippen LogP contribution in [0.3, 0.4) is 0 Å². The first-order chi connectivity index (χ1) is 10.0. The lowest BCUT2D eigenvalue weighted by atomic mass is 9.93. The Morgan fingerprint density at radius 1 is 1.24 bits per heavy atom. The van der Waals surface area contributed by atoms with Gasteiger partial charge in [0.25, 0.3) is 5.91 Å². The van der Waals surface area contributed by atoms with E-state index in [4.69, 9.17) is 5.73 Å². The van der Waals surface area contributed by atoms with Crippen molar-refractivity contribution in [1.82, 2.24) is 4.90 Å². The molecule has 4 nitrogen and oxygen atoms in total. The second-order valence-corrected chi connectivity index (χ2v) is 6.05. The number of hydrogen-bond acceptors (Lipinski definition) is 3. The number of anilines is 2. The van der Waals surface area contributed by atoms with Gasteiger partial charge in [-0.3, -0.25) is 4.79 Å². The van der Waals surface area contributed by atoms with Gasteiger partial charge in [0.15, 0.2) is 0 Å². The molecule has 0 heterocycles. The van der Waals surface area contributed by atoms with E-state index < -0.39 is 0 Å². The van der Waals surface area contributed by atoms with E-state index in [1.165, 1.54) is 19.3 Å². The lowest BCUT2D eigenvalue weighted by molar-refractivity contribution is 0.0648. The first kappa shape index (κ1) is 15.7. The number of hydrogen-bond donors (Lipinski definition) is 1. The maximum Gasteiger partial charge on any atom is 0.256 e. The molecule has 0 aliphatic heterocycles. The third-order valence-corrected chi connectivity index (χ3v) is 4.35. The van der Waals surface area contributed by atoms with Crippen LogP contribution in [0.25, 0.3) is 0 Å². The zero-order chi connectivity index (χ0) is 15.4. The highest BCUT2D eigenvalue weighted by Crippen LogP contribution is 2.27. The van der Waals surface area contributed by atoms with Crippen molar-refractivity contribution in [2.75, 3.05) is 31.3 Å². The maximum absolute atomic E-state index is 13.0. The third-order valence-electron chi connectivity index (χ3n) is 4.35. The van der Waals surface area contributed by atoms with Gasteiger partial charge < -0.3 is 15.5 Å². The monoisotopic (exact) mass is 289 g/mol. The van der Waals surface area contributed by atoms with Crippen LogP contribution in [0.4, 0.5) is 11.4 Å². The molecule has 0 unspecified atom stereocenters. The van der Waals surface area contributed by atoms with Crippen LogP contribution in [-0.2, 0) is 0 Å². The van der Waals surface area contributed by atoms with Gasteiger partial charge in [0.2, 0.25) is 0 Å². The van der Waals surface area contributed by atoms with Gasteiger partial charge in [0.1, 0.15) is 0 Å². The summed E-state index contributed by atoms with van der Waals surface area (Å²) in [5.74, 6) is 0.111. The predicted octanol–water partition coefficient (Wildman–Crippen LogP) is 3.13. The molecule has 1 amide bonds. The Labute approximate surface area is 127 Å². The van der Waals surface area contributed by atoms with Crippen LogP contribution in [0.15, 0.2) is 18.2 Å². The minimum absolute atomic E-state index is 0.111. The van der Waals surface area contributed by atoms with E-state index in [9.17, 15) is 4.79 Å². The minimum atomic E-state index is 0.111. The SMILES string of the molecule is CCN(C(=O)c1cc(N)ccc1N(C)C)C1CCCCC1. The van der Waals surface area contributed by atoms with E-state index in [1.54, 1.807) is 0 Å². The van der Waals surface area contributed by atoms with Crippen molar-refractivity contribution in [3.8, 4) is 0 Å². The first-order valence-electron chi connectivity index (χ1n) is 7.92. The molecule has 0 aromatic heterocycles. The van der Waals surface area contributed by atoms with Gasteiger partial charge in [0.05, 0.1) is 5.56 Å². The van der Waals surface area contributed by atoms with Crippen molar-refractivity contribution in [1.29, 1.82) is 0 Å². The fraction of sp³-hybridized carbons (Fsp3) is 0.588. The quantitative estimate of drug-likeness (QED) is 0.866. The van der Waals surface area contributed by atoms with Gasteiger partial charge in [-0.25, -0.2) is 0 Å². The number of nitrogens with two attached hydrogens (primary N) is 1. The summed E-state index contributed by atoms with van der Waals surface area (Å²) in [4.78, 5) is 17.0. The third kappa shape index (κ3) is 3.49. The lowest BCUT2D eigenvalue weighted by Crippen LogP contribution is -2.41. The van der Waals surface area contributed by atoms with Gasteiger partial charge in [-0.1, -0.05) is 19.3 Å². The number of carbonyl (C=O) groups is 1. The maximum atomic E-state index is 13.0. The normalized spacial score (nSPS) is 15.8. The van der Waals surface area contributed by atoms with Crippen molar-refractivity contribution in [3.05, 3.63) is 23.8 Å². The number of amides is 1. The second-order valence-electron chi connectivity index (χ2n) is 6.05. The number of nitrogen functional groups attached to an aromatic ring is 1. The Bertz CT molecular complexity index is 493. The smallest absolute Gasteiger partial charge is 0.256 e. The van der Waals surface area contributed by atoms with E-state index >= 15 is 0 Å². The molecule has 2 N–H and O–H groups in total. The largest absolute Gasteiger partial charge is 0.399 e. The highest BCUT2D eigenvalue weighted by Gasteiger charge is 2.26. The van der Waals surface area contributed by atoms with Crippen molar-refractivity contribution < 1.29 is 4.79 Å². The Hall–Kier alpha value is -1.71. The zero-order valence-corrected chi connectivity index (χ0v) is 13.4. The molecule has 0 spiro atoms. The highest BCUT2D eigenvalue weighted by molar-refractivity contribution is 6.00. The minimum Gasteiger partial charge on any atom is -0.399 e. The van der Waals surface area contributed by atoms with Crippen molar-refractivity contribution in [2.45, 2.75) is 45.1 Å². The average Bonchev–Trinajstić information content (AvgIpc) is 2.48. The molecule has 1 saturated carbocycles. The molecule has 4 heteroatoms. The van der Waals surface area contributed by atoms with Gasteiger partial charge in [-0.15, -0.1) is 0 Å². The van der Waals surface area contributed by atoms with Crippen LogP contribution in [0, 0.1) is 0 Å². The van der Waals surface area contributed by atoms with Crippen LogP contribution < -0.4 is 10.6 Å². The number of benzene rings is 1. The summed E-state index contributed by atoms with van der Waals surface area (Å²) in [7, 11) is 3.92. The molecule has 0 saturated heterocycles.